The molecule has 0 radical (unpaired) electrons. The highest BCUT2D eigenvalue weighted by Crippen LogP contribution is 2.44. The van der Waals surface area contributed by atoms with Crippen molar-refractivity contribution in [2.45, 2.75) is 22.6 Å². The molecular formula is C16H20NO2PS. The van der Waals surface area contributed by atoms with Gasteiger partial charge in [0.15, 0.2) is 7.37 Å². The van der Waals surface area contributed by atoms with Gasteiger partial charge in [0.1, 0.15) is 0 Å². The molecule has 5 heteroatoms. The van der Waals surface area contributed by atoms with Crippen LogP contribution in [0.5, 0.6) is 0 Å². The van der Waals surface area contributed by atoms with Crippen molar-refractivity contribution in [1.29, 1.82) is 0 Å². The molecule has 2 aliphatic rings. The zero-order valence-corrected chi connectivity index (χ0v) is 13.8. The van der Waals surface area contributed by atoms with E-state index in [0.29, 0.717) is 17.5 Å². The highest BCUT2D eigenvalue weighted by molar-refractivity contribution is 8.00. The molecule has 1 aliphatic heterocycles. The number of hydrogen-bond acceptors (Lipinski definition) is 3. The number of rotatable bonds is 4. The van der Waals surface area contributed by atoms with Crippen LogP contribution < -0.4 is 4.90 Å². The number of hydrogen-bond donors (Lipinski definition) is 1. The number of thioether (sulfide) groups is 1. The molecule has 21 heavy (non-hydrogen) atoms. The smallest absolute Gasteiger partial charge is 0.197 e. The first-order valence-corrected chi connectivity index (χ1v) is 10.4. The average Bonchev–Trinajstić information content (AvgIpc) is 2.45. The minimum Gasteiger partial charge on any atom is -0.363 e. The van der Waals surface area contributed by atoms with E-state index in [9.17, 15) is 9.46 Å². The lowest BCUT2D eigenvalue weighted by molar-refractivity contribution is 0.482. The van der Waals surface area contributed by atoms with E-state index in [2.05, 4.69) is 53.5 Å². The number of fused-ring (bicyclic) bond motifs is 2. The zero-order chi connectivity index (χ0) is 14.9. The van der Waals surface area contributed by atoms with Crippen LogP contribution in [-0.4, -0.2) is 35.6 Å². The van der Waals surface area contributed by atoms with Crippen LogP contribution in [0.15, 0.2) is 53.5 Å². The van der Waals surface area contributed by atoms with Gasteiger partial charge in [-0.25, -0.2) is 0 Å². The molecule has 0 saturated heterocycles. The van der Waals surface area contributed by atoms with Crippen molar-refractivity contribution in [3.63, 3.8) is 0 Å². The molecule has 0 fully saturated rings. The normalized spacial score (nSPS) is 26.1. The van der Waals surface area contributed by atoms with Gasteiger partial charge in [-0.1, -0.05) is 36.4 Å². The predicted molar refractivity (Wildman–Crippen MR) is 90.7 cm³/mol. The fourth-order valence-corrected chi connectivity index (χ4v) is 4.90. The number of allylic oxidation sites excluding steroid dienone is 2. The summed E-state index contributed by atoms with van der Waals surface area (Å²) in [5.41, 5.74) is 1.24. The van der Waals surface area contributed by atoms with Crippen molar-refractivity contribution in [3.05, 3.63) is 48.6 Å². The summed E-state index contributed by atoms with van der Waals surface area (Å²) >= 11 is 1.90. The molecule has 3 nitrogen and oxygen atoms in total. The van der Waals surface area contributed by atoms with Gasteiger partial charge in [-0.05, 0) is 18.6 Å². The third kappa shape index (κ3) is 3.45. The van der Waals surface area contributed by atoms with E-state index in [1.807, 2.05) is 11.8 Å². The Morgan fingerprint density at radius 2 is 2.05 bits per heavy atom. The zero-order valence-electron chi connectivity index (χ0n) is 12.1. The van der Waals surface area contributed by atoms with Crippen LogP contribution in [-0.2, 0) is 4.57 Å². The van der Waals surface area contributed by atoms with Crippen molar-refractivity contribution >= 4 is 24.8 Å². The monoisotopic (exact) mass is 321 g/mol. The second kappa shape index (κ2) is 6.04. The lowest BCUT2D eigenvalue weighted by Crippen LogP contribution is -2.44. The topological polar surface area (TPSA) is 40.5 Å². The third-order valence-corrected chi connectivity index (χ3v) is 6.28. The van der Waals surface area contributed by atoms with Gasteiger partial charge in [-0.15, -0.1) is 11.8 Å². The maximum absolute atomic E-state index is 11.5. The first-order chi connectivity index (χ1) is 10.0. The van der Waals surface area contributed by atoms with Crippen molar-refractivity contribution in [2.75, 3.05) is 24.3 Å². The van der Waals surface area contributed by atoms with E-state index in [4.69, 9.17) is 0 Å². The Labute approximate surface area is 130 Å². The van der Waals surface area contributed by atoms with E-state index in [-0.39, 0.29) is 0 Å². The maximum Gasteiger partial charge on any atom is 0.197 e. The molecule has 1 aromatic carbocycles. The van der Waals surface area contributed by atoms with Gasteiger partial charge in [0.05, 0.1) is 17.0 Å². The van der Waals surface area contributed by atoms with Gasteiger partial charge in [-0.3, -0.25) is 4.57 Å². The van der Waals surface area contributed by atoms with Gasteiger partial charge >= 0.3 is 0 Å². The van der Waals surface area contributed by atoms with Crippen molar-refractivity contribution < 1.29 is 9.46 Å². The maximum atomic E-state index is 11.5. The van der Waals surface area contributed by atoms with Crippen molar-refractivity contribution in [2.24, 2.45) is 0 Å². The summed E-state index contributed by atoms with van der Waals surface area (Å²) in [6.07, 6.45) is 9.81. The molecule has 112 valence electrons. The third-order valence-electron chi connectivity index (χ3n) is 3.83. The molecule has 0 aromatic heterocycles. The first kappa shape index (κ1) is 15.0. The number of anilines is 1. The lowest BCUT2D eigenvalue weighted by Gasteiger charge is -2.42. The second-order valence-corrected chi connectivity index (χ2v) is 9.40. The summed E-state index contributed by atoms with van der Waals surface area (Å²) in [6.45, 7) is 2.26. The molecule has 3 unspecified atom stereocenters. The standard InChI is InChI=1S/C16H20NO2PS/c1-20(18,19)12-6-11-17-13-7-2-4-9-15(13)21-16-10-5-3-8-14(16)17/h2-5,7-10,13,15H,6,11-12H2,1H3,(H,18,19). The Morgan fingerprint density at radius 1 is 1.29 bits per heavy atom. The molecule has 1 N–H and O–H groups in total. The van der Waals surface area contributed by atoms with Gasteiger partial charge in [0.25, 0.3) is 0 Å². The van der Waals surface area contributed by atoms with Gasteiger partial charge < -0.3 is 9.79 Å². The van der Waals surface area contributed by atoms with E-state index >= 15 is 0 Å². The molecule has 0 bridgehead atoms. The number of benzene rings is 1. The van der Waals surface area contributed by atoms with Crippen LogP contribution in [0.25, 0.3) is 0 Å². The summed E-state index contributed by atoms with van der Waals surface area (Å²) < 4.78 is 11.5. The fourth-order valence-electron chi connectivity index (χ4n) is 2.87. The van der Waals surface area contributed by atoms with E-state index in [1.54, 1.807) is 0 Å². The Balaban J connectivity index is 1.83. The molecule has 3 atom stereocenters. The number of para-hydroxylation sites is 1. The molecule has 1 aliphatic carbocycles. The van der Waals surface area contributed by atoms with Gasteiger partial charge in [-0.2, -0.15) is 0 Å². The Morgan fingerprint density at radius 3 is 2.86 bits per heavy atom. The minimum atomic E-state index is -2.92. The molecule has 0 saturated carbocycles. The van der Waals surface area contributed by atoms with Crippen molar-refractivity contribution in [3.8, 4) is 0 Å². The minimum absolute atomic E-state index is 0.338. The number of nitrogens with zero attached hydrogens (tertiary/aromatic N) is 1. The first-order valence-electron chi connectivity index (χ1n) is 7.21. The molecule has 0 amide bonds. The second-order valence-electron chi connectivity index (χ2n) is 5.63. The predicted octanol–water partition coefficient (Wildman–Crippen LogP) is 3.75. The van der Waals surface area contributed by atoms with Crippen LogP contribution in [0.1, 0.15) is 6.42 Å². The SMILES string of the molecule is CP(=O)(O)CCCN1c2ccccc2SC2C=CC=CC21. The van der Waals surface area contributed by atoms with E-state index < -0.39 is 7.37 Å². The molecule has 1 aromatic rings. The van der Waals surface area contributed by atoms with Crippen LogP contribution in [0.2, 0.25) is 0 Å². The molecule has 1 heterocycles. The Bertz CT molecular complexity index is 622. The Kier molecular flexibility index (Phi) is 4.30. The largest absolute Gasteiger partial charge is 0.363 e. The summed E-state index contributed by atoms with van der Waals surface area (Å²) in [4.78, 5) is 13.2. The van der Waals surface area contributed by atoms with Crippen molar-refractivity contribution in [1.82, 2.24) is 0 Å². The highest BCUT2D eigenvalue weighted by Gasteiger charge is 2.32. The summed E-state index contributed by atoms with van der Waals surface area (Å²) in [5.74, 6) is 0. The van der Waals surface area contributed by atoms with Crippen LogP contribution in [0.3, 0.4) is 0 Å². The Hall–Kier alpha value is -0.960. The quantitative estimate of drug-likeness (QED) is 0.858. The highest BCUT2D eigenvalue weighted by atomic mass is 32.2. The average molecular weight is 321 g/mol. The summed E-state index contributed by atoms with van der Waals surface area (Å²) in [5, 5.41) is 0.424. The fraction of sp³-hybridized carbons (Fsp3) is 0.375. The van der Waals surface area contributed by atoms with E-state index in [0.717, 1.165) is 13.0 Å². The lowest BCUT2D eigenvalue weighted by atomic mass is 10.0. The van der Waals surface area contributed by atoms with E-state index in [1.165, 1.54) is 17.2 Å². The van der Waals surface area contributed by atoms with Gasteiger partial charge in [0, 0.05) is 24.3 Å². The summed E-state index contributed by atoms with van der Waals surface area (Å²) in [6, 6.07) is 8.78. The van der Waals surface area contributed by atoms with Gasteiger partial charge in [0.2, 0.25) is 0 Å². The van der Waals surface area contributed by atoms with Crippen LogP contribution >= 0.6 is 19.1 Å². The summed E-state index contributed by atoms with van der Waals surface area (Å²) in [7, 11) is -2.92. The van der Waals surface area contributed by atoms with Crippen LogP contribution in [0.4, 0.5) is 5.69 Å². The molecule has 3 rings (SSSR count). The molecular weight excluding hydrogens is 301 g/mol. The molecule has 0 spiro atoms. The van der Waals surface area contributed by atoms with Crippen LogP contribution in [0, 0.1) is 0 Å².